The first-order valence-corrected chi connectivity index (χ1v) is 7.77. The van der Waals surface area contributed by atoms with Crippen LogP contribution in [0.1, 0.15) is 12.5 Å². The summed E-state index contributed by atoms with van der Waals surface area (Å²) in [6.07, 6.45) is 0. The van der Waals surface area contributed by atoms with Crippen LogP contribution in [-0.4, -0.2) is 25.9 Å². The van der Waals surface area contributed by atoms with Crippen molar-refractivity contribution >= 4 is 25.8 Å². The van der Waals surface area contributed by atoms with Gasteiger partial charge in [-0.25, -0.2) is 27.9 Å². The SMILES string of the molecule is CC1(c2ccc(S(=O)(=O)Cl)cc2F)NNC(=O)N1C(F)F. The van der Waals surface area contributed by atoms with Gasteiger partial charge in [0.1, 0.15) is 11.5 Å². The zero-order valence-electron chi connectivity index (χ0n) is 10.4. The lowest BCUT2D eigenvalue weighted by atomic mass is 10.0. The molecule has 1 unspecified atom stereocenters. The molecule has 0 bridgehead atoms. The summed E-state index contributed by atoms with van der Waals surface area (Å²) in [5.74, 6) is -1.10. The molecule has 0 aliphatic carbocycles. The number of hydrogen-bond donors (Lipinski definition) is 2. The molecule has 1 aromatic rings. The molecule has 1 saturated heterocycles. The Morgan fingerprint density at radius 3 is 2.48 bits per heavy atom. The van der Waals surface area contributed by atoms with E-state index in [4.69, 9.17) is 10.7 Å². The van der Waals surface area contributed by atoms with Crippen molar-refractivity contribution in [2.45, 2.75) is 24.0 Å². The van der Waals surface area contributed by atoms with Crippen LogP contribution >= 0.6 is 10.7 Å². The Morgan fingerprint density at radius 2 is 2.00 bits per heavy atom. The minimum Gasteiger partial charge on any atom is -0.270 e. The van der Waals surface area contributed by atoms with Crippen LogP contribution in [-0.2, 0) is 14.7 Å². The van der Waals surface area contributed by atoms with Crippen LogP contribution in [0.4, 0.5) is 18.0 Å². The van der Waals surface area contributed by atoms with Crippen molar-refractivity contribution in [1.29, 1.82) is 0 Å². The second kappa shape index (κ2) is 5.04. The molecule has 2 rings (SSSR count). The Labute approximate surface area is 122 Å². The largest absolute Gasteiger partial charge is 0.337 e. The third-order valence-electron chi connectivity index (χ3n) is 3.06. The molecule has 0 spiro atoms. The zero-order chi connectivity index (χ0) is 16.0. The molecule has 0 aromatic heterocycles. The molecule has 1 aliphatic rings. The fraction of sp³-hybridized carbons (Fsp3) is 0.300. The lowest BCUT2D eigenvalue weighted by Gasteiger charge is -2.32. The van der Waals surface area contributed by atoms with Crippen molar-refractivity contribution in [3.8, 4) is 0 Å². The van der Waals surface area contributed by atoms with E-state index in [-0.39, 0.29) is 10.5 Å². The molecular weight excluding hydrogens is 335 g/mol. The predicted molar refractivity (Wildman–Crippen MR) is 66.3 cm³/mol. The number of hydrogen-bond acceptors (Lipinski definition) is 4. The summed E-state index contributed by atoms with van der Waals surface area (Å²) in [6.45, 7) is -2.05. The monoisotopic (exact) mass is 343 g/mol. The summed E-state index contributed by atoms with van der Waals surface area (Å²) in [6, 6.07) is 1.38. The highest BCUT2D eigenvalue weighted by atomic mass is 35.7. The Hall–Kier alpha value is -1.52. The van der Waals surface area contributed by atoms with Crippen molar-refractivity contribution in [2.24, 2.45) is 0 Å². The number of nitrogens with zero attached hydrogens (tertiary/aromatic N) is 1. The van der Waals surface area contributed by atoms with Crippen molar-refractivity contribution in [3.63, 3.8) is 0 Å². The summed E-state index contributed by atoms with van der Waals surface area (Å²) in [5.41, 5.74) is 1.98. The van der Waals surface area contributed by atoms with Gasteiger partial charge in [0.15, 0.2) is 0 Å². The first-order valence-electron chi connectivity index (χ1n) is 5.46. The quantitative estimate of drug-likeness (QED) is 0.646. The maximum Gasteiger partial charge on any atom is 0.337 e. The fourth-order valence-corrected chi connectivity index (χ4v) is 2.78. The first kappa shape index (κ1) is 15.9. The normalized spacial score (nSPS) is 22.8. The van der Waals surface area contributed by atoms with E-state index in [1.54, 1.807) is 0 Å². The molecule has 1 heterocycles. The standard InChI is InChI=1S/C10H9ClF3N3O3S/c1-10(16-15-9(18)17(10)8(13)14)6-3-2-5(4-7(6)12)21(11,19)20/h2-4,8,16H,1H3,(H,15,18). The number of alkyl halides is 2. The summed E-state index contributed by atoms with van der Waals surface area (Å²) < 4.78 is 62.2. The number of carbonyl (C=O) groups excluding carboxylic acids is 1. The number of amides is 2. The van der Waals surface area contributed by atoms with Gasteiger partial charge in [-0.2, -0.15) is 8.78 Å². The minimum absolute atomic E-state index is 0.0975. The van der Waals surface area contributed by atoms with E-state index in [0.29, 0.717) is 6.07 Å². The van der Waals surface area contributed by atoms with Crippen LogP contribution < -0.4 is 10.9 Å². The highest BCUT2D eigenvalue weighted by molar-refractivity contribution is 8.13. The second-order valence-electron chi connectivity index (χ2n) is 4.35. The van der Waals surface area contributed by atoms with Gasteiger partial charge in [-0.05, 0) is 19.1 Å². The molecule has 1 aliphatic heterocycles. The van der Waals surface area contributed by atoms with Crippen LogP contribution in [0.5, 0.6) is 0 Å². The van der Waals surface area contributed by atoms with E-state index in [9.17, 15) is 26.4 Å². The maximum absolute atomic E-state index is 14.1. The Bertz CT molecular complexity index is 700. The van der Waals surface area contributed by atoms with Gasteiger partial charge in [0.25, 0.3) is 9.05 Å². The molecule has 1 aromatic carbocycles. The molecule has 2 amide bonds. The van der Waals surface area contributed by atoms with Crippen LogP contribution in [0.25, 0.3) is 0 Å². The molecule has 1 atom stereocenters. The molecule has 2 N–H and O–H groups in total. The highest BCUT2D eigenvalue weighted by Gasteiger charge is 2.48. The van der Waals surface area contributed by atoms with Crippen LogP contribution in [0.15, 0.2) is 23.1 Å². The molecular formula is C10H9ClF3N3O3S. The summed E-state index contributed by atoms with van der Waals surface area (Å²) in [4.78, 5) is 11.0. The van der Waals surface area contributed by atoms with Gasteiger partial charge in [0.05, 0.1) is 4.90 Å². The molecule has 1 fully saturated rings. The molecule has 6 nitrogen and oxygen atoms in total. The molecule has 11 heteroatoms. The average Bonchev–Trinajstić information content (AvgIpc) is 2.64. The van der Waals surface area contributed by atoms with Crippen LogP contribution in [0.2, 0.25) is 0 Å². The Morgan fingerprint density at radius 1 is 1.38 bits per heavy atom. The van der Waals surface area contributed by atoms with Crippen molar-refractivity contribution in [3.05, 3.63) is 29.6 Å². The number of urea groups is 1. The maximum atomic E-state index is 14.1. The van der Waals surface area contributed by atoms with Gasteiger partial charge < -0.3 is 0 Å². The van der Waals surface area contributed by atoms with E-state index >= 15 is 0 Å². The number of nitrogens with one attached hydrogen (secondary N) is 2. The summed E-state index contributed by atoms with van der Waals surface area (Å²) >= 11 is 0. The first-order chi connectivity index (χ1) is 9.57. The van der Waals surface area contributed by atoms with Gasteiger partial charge in [-0.1, -0.05) is 6.07 Å². The number of benzene rings is 1. The number of carbonyl (C=O) groups is 1. The predicted octanol–water partition coefficient (Wildman–Crippen LogP) is 1.68. The second-order valence-corrected chi connectivity index (χ2v) is 6.92. The minimum atomic E-state index is -4.16. The van der Waals surface area contributed by atoms with E-state index in [0.717, 1.165) is 19.1 Å². The molecule has 21 heavy (non-hydrogen) atoms. The molecule has 116 valence electrons. The Kier molecular flexibility index (Phi) is 3.80. The van der Waals surface area contributed by atoms with Crippen LogP contribution in [0, 0.1) is 5.82 Å². The van der Waals surface area contributed by atoms with Gasteiger partial charge in [-0.15, -0.1) is 0 Å². The van der Waals surface area contributed by atoms with E-state index in [2.05, 4.69) is 5.43 Å². The summed E-state index contributed by atoms with van der Waals surface area (Å²) in [7, 11) is 0.914. The van der Waals surface area contributed by atoms with Gasteiger partial charge >= 0.3 is 12.6 Å². The number of rotatable bonds is 3. The van der Waals surface area contributed by atoms with E-state index in [1.165, 1.54) is 0 Å². The fourth-order valence-electron chi connectivity index (χ4n) is 2.02. The van der Waals surface area contributed by atoms with E-state index in [1.807, 2.05) is 5.43 Å². The zero-order valence-corrected chi connectivity index (χ0v) is 12.0. The number of halogens is 4. The topological polar surface area (TPSA) is 78.5 Å². The molecule has 0 radical (unpaired) electrons. The van der Waals surface area contributed by atoms with Crippen molar-refractivity contribution in [1.82, 2.24) is 15.8 Å². The smallest absolute Gasteiger partial charge is 0.270 e. The third kappa shape index (κ3) is 2.65. The van der Waals surface area contributed by atoms with Gasteiger partial charge in [-0.3, -0.25) is 5.43 Å². The van der Waals surface area contributed by atoms with Crippen molar-refractivity contribution in [2.75, 3.05) is 0 Å². The highest BCUT2D eigenvalue weighted by Crippen LogP contribution is 2.34. The molecule has 0 saturated carbocycles. The lowest BCUT2D eigenvalue weighted by molar-refractivity contribution is -0.0491. The van der Waals surface area contributed by atoms with Gasteiger partial charge in [0.2, 0.25) is 0 Å². The number of hydrazine groups is 1. The summed E-state index contributed by atoms with van der Waals surface area (Å²) in [5, 5.41) is 0. The third-order valence-corrected chi connectivity index (χ3v) is 4.41. The lowest BCUT2D eigenvalue weighted by Crippen LogP contribution is -2.50. The average molecular weight is 344 g/mol. The van der Waals surface area contributed by atoms with Crippen LogP contribution in [0.3, 0.4) is 0 Å². The Balaban J connectivity index is 2.54. The van der Waals surface area contributed by atoms with Gasteiger partial charge in [0, 0.05) is 16.2 Å². The van der Waals surface area contributed by atoms with Crippen molar-refractivity contribution < 1.29 is 26.4 Å². The van der Waals surface area contributed by atoms with E-state index < -0.39 is 38.0 Å².